The minimum absolute atomic E-state index is 0.0916. The lowest BCUT2D eigenvalue weighted by Gasteiger charge is -2.60. The van der Waals surface area contributed by atoms with Gasteiger partial charge in [0.2, 0.25) is 5.91 Å². The van der Waals surface area contributed by atoms with E-state index in [1.165, 1.54) is 44.9 Å². The summed E-state index contributed by atoms with van der Waals surface area (Å²) in [5.41, 5.74) is 1.28. The number of aliphatic carboxylic acids is 1. The Morgan fingerprint density at radius 1 is 1.17 bits per heavy atom. The fourth-order valence-electron chi connectivity index (χ4n) is 7.94. The molecule has 0 aliphatic heterocycles. The fourth-order valence-corrected chi connectivity index (χ4v) is 8.42. The molecule has 0 spiro atoms. The van der Waals surface area contributed by atoms with Crippen molar-refractivity contribution >= 4 is 23.6 Å². The second kappa shape index (κ2) is 8.52. The number of fused-ring (bicyclic) bond motifs is 5. The normalized spacial score (nSPS) is 41.1. The van der Waals surface area contributed by atoms with Gasteiger partial charge < -0.3 is 10.4 Å². The van der Waals surface area contributed by atoms with Crippen LogP contribution in [0.1, 0.15) is 78.1 Å². The number of allylic oxidation sites excluding steroid dienone is 1. The van der Waals surface area contributed by atoms with Crippen LogP contribution in [0.15, 0.2) is 11.6 Å². The molecule has 4 aliphatic carbocycles. The molecule has 0 aromatic carbocycles. The van der Waals surface area contributed by atoms with Crippen molar-refractivity contribution in [3.8, 4) is 0 Å². The lowest BCUT2D eigenvalue weighted by Crippen LogP contribution is -2.53. The maximum atomic E-state index is 13.2. The van der Waals surface area contributed by atoms with Gasteiger partial charge in [0, 0.05) is 11.0 Å². The molecule has 0 aromatic rings. The van der Waals surface area contributed by atoms with Crippen LogP contribution in [-0.2, 0) is 9.59 Å². The highest BCUT2D eigenvalue weighted by Crippen LogP contribution is 2.66. The predicted molar refractivity (Wildman–Crippen MR) is 122 cm³/mol. The zero-order valence-corrected chi connectivity index (χ0v) is 19.7. The van der Waals surface area contributed by atoms with Crippen molar-refractivity contribution in [2.24, 2.45) is 34.5 Å². The van der Waals surface area contributed by atoms with E-state index in [2.05, 4.69) is 25.2 Å². The highest BCUT2D eigenvalue weighted by Gasteiger charge is 2.58. The Morgan fingerprint density at radius 3 is 2.70 bits per heavy atom. The first-order valence-electron chi connectivity index (χ1n) is 12.0. The van der Waals surface area contributed by atoms with Crippen LogP contribution in [0, 0.1) is 34.5 Å². The van der Waals surface area contributed by atoms with Gasteiger partial charge >= 0.3 is 5.97 Å². The molecule has 7 atom stereocenters. The van der Waals surface area contributed by atoms with E-state index in [0.717, 1.165) is 41.9 Å². The zero-order valence-electron chi connectivity index (χ0n) is 18.9. The summed E-state index contributed by atoms with van der Waals surface area (Å²) in [5, 5.41) is 12.4. The Kier molecular flexibility index (Phi) is 6.31. The van der Waals surface area contributed by atoms with Gasteiger partial charge in [0.15, 0.2) is 0 Å². The summed E-state index contributed by atoms with van der Waals surface area (Å²) in [7, 11) is 0. The minimum atomic E-state index is -0.926. The zero-order chi connectivity index (χ0) is 21.5. The van der Waals surface area contributed by atoms with Crippen LogP contribution < -0.4 is 5.32 Å². The number of hydrogen-bond acceptors (Lipinski definition) is 3. The van der Waals surface area contributed by atoms with E-state index in [0.29, 0.717) is 17.8 Å². The molecular weight excluding hydrogens is 394 g/mol. The van der Waals surface area contributed by atoms with E-state index in [4.69, 9.17) is 0 Å². The number of thioether (sulfide) groups is 1. The lowest BCUT2D eigenvalue weighted by molar-refractivity contribution is -0.141. The molecule has 0 saturated heterocycles. The van der Waals surface area contributed by atoms with Crippen molar-refractivity contribution in [3.63, 3.8) is 0 Å². The van der Waals surface area contributed by atoms with E-state index in [9.17, 15) is 14.7 Å². The number of rotatable bonds is 6. The summed E-state index contributed by atoms with van der Waals surface area (Å²) in [4.78, 5) is 24.8. The van der Waals surface area contributed by atoms with Gasteiger partial charge in [-0.3, -0.25) is 4.79 Å². The number of carboxylic acids is 1. The standard InChI is InChI=1S/C25H39NO3S/c1-24-13-5-4-6-16(24)7-8-17-18-9-10-20(25(18,2)14-11-19(17)24)22(27)26-21(23(28)29)12-15-30-3/h10,16-19,21H,4-9,11-15H2,1-3H3,(H,26,27)(H,28,29)/t16-,17+,18+,19+,21+,24+,25+/m1/s1. The van der Waals surface area contributed by atoms with Gasteiger partial charge in [0.05, 0.1) is 0 Å². The summed E-state index contributed by atoms with van der Waals surface area (Å²) in [6.45, 7) is 4.87. The van der Waals surface area contributed by atoms with Crippen molar-refractivity contribution < 1.29 is 14.7 Å². The van der Waals surface area contributed by atoms with Gasteiger partial charge in [-0.15, -0.1) is 0 Å². The number of carbonyl (C=O) groups is 2. The van der Waals surface area contributed by atoms with Gasteiger partial charge in [-0.05, 0) is 92.5 Å². The Labute approximate surface area is 186 Å². The van der Waals surface area contributed by atoms with Crippen molar-refractivity contribution in [1.29, 1.82) is 0 Å². The van der Waals surface area contributed by atoms with Crippen molar-refractivity contribution in [1.82, 2.24) is 5.32 Å². The van der Waals surface area contributed by atoms with Gasteiger partial charge in [0.25, 0.3) is 0 Å². The van der Waals surface area contributed by atoms with Crippen LogP contribution in [-0.4, -0.2) is 35.0 Å². The van der Waals surface area contributed by atoms with E-state index >= 15 is 0 Å². The molecule has 168 valence electrons. The quantitative estimate of drug-likeness (QED) is 0.598. The first-order chi connectivity index (χ1) is 14.3. The van der Waals surface area contributed by atoms with Crippen LogP contribution in [0.3, 0.4) is 0 Å². The highest BCUT2D eigenvalue weighted by atomic mass is 32.2. The second-order valence-electron chi connectivity index (χ2n) is 10.9. The number of nitrogens with one attached hydrogen (secondary N) is 1. The SMILES string of the molecule is CSCC[C@H](NC(=O)C1=CC[C@H]2[C@@H]3CC[C@H]4CCCC[C@]4(C)[C@H]3CC[C@]12C)C(=O)O. The molecule has 3 saturated carbocycles. The Bertz CT molecular complexity index is 721. The Morgan fingerprint density at radius 2 is 1.97 bits per heavy atom. The largest absolute Gasteiger partial charge is 0.480 e. The number of carbonyl (C=O) groups excluding carboxylic acids is 1. The molecule has 4 rings (SSSR count). The molecule has 3 fully saturated rings. The molecule has 2 N–H and O–H groups in total. The van der Waals surface area contributed by atoms with Crippen molar-refractivity contribution in [3.05, 3.63) is 11.6 Å². The van der Waals surface area contributed by atoms with E-state index < -0.39 is 12.0 Å². The summed E-state index contributed by atoms with van der Waals surface area (Å²) < 4.78 is 0. The maximum absolute atomic E-state index is 13.2. The molecule has 5 heteroatoms. The predicted octanol–water partition coefficient (Wildman–Crippen LogP) is 5.28. The minimum Gasteiger partial charge on any atom is -0.480 e. The van der Waals surface area contributed by atoms with Crippen LogP contribution in [0.4, 0.5) is 0 Å². The summed E-state index contributed by atoms with van der Waals surface area (Å²) in [6, 6.07) is -0.790. The van der Waals surface area contributed by atoms with Gasteiger partial charge in [-0.1, -0.05) is 32.8 Å². The first kappa shape index (κ1) is 22.2. The van der Waals surface area contributed by atoms with Crippen molar-refractivity contribution in [2.75, 3.05) is 12.0 Å². The molecule has 4 nitrogen and oxygen atoms in total. The third-order valence-corrected chi connectivity index (χ3v) is 10.3. The van der Waals surface area contributed by atoms with E-state index in [1.807, 2.05) is 6.26 Å². The smallest absolute Gasteiger partial charge is 0.326 e. The molecular formula is C25H39NO3S. The first-order valence-corrected chi connectivity index (χ1v) is 13.4. The molecule has 0 aromatic heterocycles. The lowest BCUT2D eigenvalue weighted by atomic mass is 9.45. The number of hydrogen-bond donors (Lipinski definition) is 2. The Balaban J connectivity index is 1.49. The topological polar surface area (TPSA) is 66.4 Å². The fraction of sp³-hybridized carbons (Fsp3) is 0.840. The van der Waals surface area contributed by atoms with Crippen LogP contribution in [0.25, 0.3) is 0 Å². The molecule has 1 amide bonds. The summed E-state index contributed by atoms with van der Waals surface area (Å²) in [6.07, 6.45) is 16.2. The van der Waals surface area contributed by atoms with Gasteiger partial charge in [-0.2, -0.15) is 11.8 Å². The molecule has 30 heavy (non-hydrogen) atoms. The maximum Gasteiger partial charge on any atom is 0.326 e. The van der Waals surface area contributed by atoms with Crippen molar-refractivity contribution in [2.45, 2.75) is 84.1 Å². The van der Waals surface area contributed by atoms with Crippen LogP contribution >= 0.6 is 11.8 Å². The molecule has 0 heterocycles. The molecule has 0 bridgehead atoms. The summed E-state index contributed by atoms with van der Waals surface area (Å²) >= 11 is 1.62. The van der Waals surface area contributed by atoms with Crippen LogP contribution in [0.5, 0.6) is 0 Å². The van der Waals surface area contributed by atoms with E-state index in [1.54, 1.807) is 11.8 Å². The summed E-state index contributed by atoms with van der Waals surface area (Å²) in [5.74, 6) is 2.65. The Hall–Kier alpha value is -0.970. The highest BCUT2D eigenvalue weighted by molar-refractivity contribution is 7.98. The molecule has 0 unspecified atom stereocenters. The third-order valence-electron chi connectivity index (χ3n) is 9.62. The number of amides is 1. The van der Waals surface area contributed by atoms with Gasteiger partial charge in [0.1, 0.15) is 6.04 Å². The van der Waals surface area contributed by atoms with Crippen LogP contribution in [0.2, 0.25) is 0 Å². The average Bonchev–Trinajstić information content (AvgIpc) is 3.07. The average molecular weight is 434 g/mol. The molecule has 4 aliphatic rings. The second-order valence-corrected chi connectivity index (χ2v) is 11.8. The molecule has 0 radical (unpaired) electrons. The monoisotopic (exact) mass is 433 g/mol. The van der Waals surface area contributed by atoms with Gasteiger partial charge in [-0.25, -0.2) is 4.79 Å². The van der Waals surface area contributed by atoms with E-state index in [-0.39, 0.29) is 11.3 Å². The number of carboxylic acid groups (broad SMARTS) is 1. The third kappa shape index (κ3) is 3.63.